The molecule has 2 aromatic carbocycles. The zero-order chi connectivity index (χ0) is 24.4. The van der Waals surface area contributed by atoms with Crippen LogP contribution in [-0.4, -0.2) is 50.6 Å². The number of nitrogens with zero attached hydrogens (tertiary/aromatic N) is 4. The van der Waals surface area contributed by atoms with Crippen LogP contribution in [0.4, 0.5) is 5.82 Å². The van der Waals surface area contributed by atoms with Gasteiger partial charge >= 0.3 is 0 Å². The first-order valence-corrected chi connectivity index (χ1v) is 11.5. The van der Waals surface area contributed by atoms with E-state index < -0.39 is 0 Å². The minimum atomic E-state index is -0.299. The van der Waals surface area contributed by atoms with Crippen LogP contribution in [0, 0.1) is 0 Å². The summed E-state index contributed by atoms with van der Waals surface area (Å²) < 4.78 is 1.69. The molecule has 1 atom stereocenters. The second-order valence-corrected chi connectivity index (χ2v) is 8.71. The molecule has 0 aliphatic carbocycles. The number of rotatable bonds is 5. The first-order chi connectivity index (χ1) is 17.0. The molecule has 1 saturated heterocycles. The van der Waals surface area contributed by atoms with Crippen molar-refractivity contribution in [1.29, 1.82) is 0 Å². The van der Waals surface area contributed by atoms with Gasteiger partial charge in [0, 0.05) is 55.3 Å². The monoisotopic (exact) mass is 466 g/mol. The quantitative estimate of drug-likeness (QED) is 0.469. The van der Waals surface area contributed by atoms with E-state index in [9.17, 15) is 9.59 Å². The van der Waals surface area contributed by atoms with Crippen LogP contribution in [0.5, 0.6) is 0 Å². The van der Waals surface area contributed by atoms with Crippen molar-refractivity contribution < 1.29 is 9.59 Å². The molecular formula is C27H26N6O2. The molecule has 0 spiro atoms. The number of nitrogens with two attached hydrogens (primary N) is 1. The van der Waals surface area contributed by atoms with E-state index >= 15 is 0 Å². The van der Waals surface area contributed by atoms with Crippen LogP contribution in [0.15, 0.2) is 79.3 Å². The molecule has 0 radical (unpaired) electrons. The van der Waals surface area contributed by atoms with Gasteiger partial charge in [0.05, 0.1) is 11.8 Å². The Morgan fingerprint density at radius 2 is 1.71 bits per heavy atom. The standard InChI is InChI=1S/C27H26N6O2/c1-32-16-22(15-30-32)21-13-24(25(28)29-14-21)26(34)31-23-11-12-33(17-23)27(35)20-9-7-19(8-10-20)18-5-3-2-4-6-18/h2-10,13-16,23H,11-12,17H2,1H3,(H2,28,29)(H,31,34)/t23-/m0/s1. The van der Waals surface area contributed by atoms with Crippen LogP contribution < -0.4 is 11.1 Å². The van der Waals surface area contributed by atoms with Gasteiger partial charge in [-0.05, 0) is 35.7 Å². The highest BCUT2D eigenvalue weighted by Crippen LogP contribution is 2.23. The number of benzene rings is 2. The molecule has 3 N–H and O–H groups in total. The van der Waals surface area contributed by atoms with Crippen LogP contribution >= 0.6 is 0 Å². The lowest BCUT2D eigenvalue weighted by atomic mass is 10.0. The van der Waals surface area contributed by atoms with Gasteiger partial charge in [-0.3, -0.25) is 14.3 Å². The Kier molecular flexibility index (Phi) is 6.01. The zero-order valence-electron chi connectivity index (χ0n) is 19.4. The molecule has 4 aromatic rings. The second-order valence-electron chi connectivity index (χ2n) is 8.71. The average molecular weight is 467 g/mol. The number of hydrogen-bond donors (Lipinski definition) is 2. The van der Waals surface area contributed by atoms with Crippen molar-refractivity contribution in [3.63, 3.8) is 0 Å². The van der Waals surface area contributed by atoms with Gasteiger partial charge in [0.2, 0.25) is 0 Å². The number of hydrogen-bond acceptors (Lipinski definition) is 5. The highest BCUT2D eigenvalue weighted by atomic mass is 16.2. The van der Waals surface area contributed by atoms with Crippen LogP contribution in [0.25, 0.3) is 22.3 Å². The van der Waals surface area contributed by atoms with E-state index in [0.717, 1.165) is 22.3 Å². The van der Waals surface area contributed by atoms with E-state index in [4.69, 9.17) is 5.73 Å². The maximum atomic E-state index is 13.0. The molecule has 3 heterocycles. The van der Waals surface area contributed by atoms with Crippen molar-refractivity contribution in [3.05, 3.63) is 90.4 Å². The predicted octanol–water partition coefficient (Wildman–Crippen LogP) is 3.38. The molecule has 0 saturated carbocycles. The van der Waals surface area contributed by atoms with Crippen LogP contribution in [-0.2, 0) is 7.05 Å². The summed E-state index contributed by atoms with van der Waals surface area (Å²) in [6, 6.07) is 19.2. The Labute approximate surface area is 203 Å². The van der Waals surface area contributed by atoms with Gasteiger partial charge in [0.25, 0.3) is 11.8 Å². The van der Waals surface area contributed by atoms with Gasteiger partial charge in [-0.1, -0.05) is 42.5 Å². The average Bonchev–Trinajstić information content (AvgIpc) is 3.53. The number of amides is 2. The number of aromatic nitrogens is 3. The first kappa shape index (κ1) is 22.3. The number of nitrogens with one attached hydrogen (secondary N) is 1. The summed E-state index contributed by atoms with van der Waals surface area (Å²) in [6.07, 6.45) is 5.86. The number of pyridine rings is 1. The maximum Gasteiger partial charge on any atom is 0.255 e. The Morgan fingerprint density at radius 1 is 0.971 bits per heavy atom. The predicted molar refractivity (Wildman–Crippen MR) is 135 cm³/mol. The van der Waals surface area contributed by atoms with Gasteiger partial charge in [-0.15, -0.1) is 0 Å². The van der Waals surface area contributed by atoms with E-state index in [1.807, 2.05) is 67.8 Å². The SMILES string of the molecule is Cn1cc(-c2cnc(N)c(C(=O)N[C@H]3CCN(C(=O)c4ccc(-c5ccccc5)cc4)C3)c2)cn1. The smallest absolute Gasteiger partial charge is 0.255 e. The lowest BCUT2D eigenvalue weighted by molar-refractivity contribution is 0.0783. The van der Waals surface area contributed by atoms with Gasteiger partial charge in [0.1, 0.15) is 5.82 Å². The number of anilines is 1. The lowest BCUT2D eigenvalue weighted by Gasteiger charge is -2.18. The van der Waals surface area contributed by atoms with E-state index in [-0.39, 0.29) is 23.7 Å². The normalized spacial score (nSPS) is 15.2. The molecule has 35 heavy (non-hydrogen) atoms. The molecule has 5 rings (SSSR count). The largest absolute Gasteiger partial charge is 0.383 e. The summed E-state index contributed by atoms with van der Waals surface area (Å²) in [7, 11) is 1.83. The topological polar surface area (TPSA) is 106 Å². The summed E-state index contributed by atoms with van der Waals surface area (Å²) in [5.74, 6) is -0.173. The van der Waals surface area contributed by atoms with Crippen LogP contribution in [0.3, 0.4) is 0 Å². The third-order valence-electron chi connectivity index (χ3n) is 6.25. The number of carbonyl (C=O) groups excluding carboxylic acids is 2. The van der Waals surface area contributed by atoms with Crippen molar-refractivity contribution in [2.24, 2.45) is 7.05 Å². The third-order valence-corrected chi connectivity index (χ3v) is 6.25. The fourth-order valence-electron chi connectivity index (χ4n) is 4.33. The highest BCUT2D eigenvalue weighted by Gasteiger charge is 2.29. The molecule has 8 nitrogen and oxygen atoms in total. The number of likely N-dealkylation sites (tertiary alicyclic amines) is 1. The van der Waals surface area contributed by atoms with E-state index in [1.165, 1.54) is 0 Å². The summed E-state index contributed by atoms with van der Waals surface area (Å²) in [4.78, 5) is 32.0. The maximum absolute atomic E-state index is 13.0. The lowest BCUT2D eigenvalue weighted by Crippen LogP contribution is -2.38. The first-order valence-electron chi connectivity index (χ1n) is 11.5. The van der Waals surface area contributed by atoms with Crippen molar-refractivity contribution in [2.45, 2.75) is 12.5 Å². The van der Waals surface area contributed by atoms with Gasteiger partial charge < -0.3 is 16.0 Å². The Hall–Kier alpha value is -4.46. The molecular weight excluding hydrogens is 440 g/mol. The van der Waals surface area contributed by atoms with Crippen molar-refractivity contribution in [1.82, 2.24) is 25.0 Å². The summed E-state index contributed by atoms with van der Waals surface area (Å²) >= 11 is 0. The van der Waals surface area contributed by atoms with Crippen molar-refractivity contribution in [2.75, 3.05) is 18.8 Å². The summed E-state index contributed by atoms with van der Waals surface area (Å²) in [5, 5.41) is 7.18. The van der Waals surface area contributed by atoms with Crippen LogP contribution in [0.2, 0.25) is 0 Å². The number of carbonyl (C=O) groups is 2. The summed E-state index contributed by atoms with van der Waals surface area (Å²) in [5.41, 5.74) is 10.7. The second kappa shape index (κ2) is 9.42. The Bertz CT molecular complexity index is 1360. The van der Waals surface area contributed by atoms with Crippen molar-refractivity contribution >= 4 is 17.6 Å². The minimum Gasteiger partial charge on any atom is -0.383 e. The molecule has 1 aliphatic rings. The molecule has 0 unspecified atom stereocenters. The van der Waals surface area contributed by atoms with Gasteiger partial charge in [0.15, 0.2) is 0 Å². The van der Waals surface area contributed by atoms with Gasteiger partial charge in [-0.2, -0.15) is 5.10 Å². The molecule has 176 valence electrons. The highest BCUT2D eigenvalue weighted by molar-refractivity contribution is 6.00. The molecule has 8 heteroatoms. The van der Waals surface area contributed by atoms with E-state index in [0.29, 0.717) is 30.6 Å². The fourth-order valence-corrected chi connectivity index (χ4v) is 4.33. The van der Waals surface area contributed by atoms with Gasteiger partial charge in [-0.25, -0.2) is 4.98 Å². The van der Waals surface area contributed by atoms with E-state index in [1.54, 1.807) is 28.0 Å². The Morgan fingerprint density at radius 3 is 2.43 bits per heavy atom. The molecule has 1 fully saturated rings. The zero-order valence-corrected chi connectivity index (χ0v) is 19.4. The van der Waals surface area contributed by atoms with Crippen molar-refractivity contribution in [3.8, 4) is 22.3 Å². The Balaban J connectivity index is 1.23. The molecule has 2 aromatic heterocycles. The molecule has 2 amide bonds. The summed E-state index contributed by atoms with van der Waals surface area (Å²) in [6.45, 7) is 1.02. The third kappa shape index (κ3) is 4.77. The van der Waals surface area contributed by atoms with E-state index in [2.05, 4.69) is 15.4 Å². The molecule has 1 aliphatic heterocycles. The fraction of sp³-hybridized carbons (Fsp3) is 0.185. The van der Waals surface area contributed by atoms with Crippen LogP contribution in [0.1, 0.15) is 27.1 Å². The number of nitrogen functional groups attached to an aromatic ring is 1. The molecule has 0 bridgehead atoms. The number of aryl methyl sites for hydroxylation is 1. The minimum absolute atomic E-state index is 0.0406.